The van der Waals surface area contributed by atoms with Gasteiger partial charge in [0.25, 0.3) is 5.91 Å². The van der Waals surface area contributed by atoms with Crippen LogP contribution in [0.2, 0.25) is 0 Å². The van der Waals surface area contributed by atoms with Crippen LogP contribution in [0.4, 0.5) is 0 Å². The number of hydrogen-bond donors (Lipinski definition) is 0. The van der Waals surface area contributed by atoms with Crippen molar-refractivity contribution in [3.8, 4) is 0 Å². The average molecular weight is 357 g/mol. The molecule has 25 heavy (non-hydrogen) atoms. The van der Waals surface area contributed by atoms with Crippen molar-refractivity contribution in [3.63, 3.8) is 0 Å². The van der Waals surface area contributed by atoms with E-state index >= 15 is 0 Å². The van der Waals surface area contributed by atoms with Crippen LogP contribution >= 0.6 is 11.3 Å². The first kappa shape index (κ1) is 16.7. The second-order valence-electron chi connectivity index (χ2n) is 6.81. The third-order valence-corrected chi connectivity index (χ3v) is 5.82. The molecule has 2 aliphatic heterocycles. The van der Waals surface area contributed by atoms with Gasteiger partial charge in [-0.3, -0.25) is 14.7 Å². The van der Waals surface area contributed by atoms with Crippen molar-refractivity contribution in [2.45, 2.75) is 19.1 Å². The van der Waals surface area contributed by atoms with E-state index < -0.39 is 0 Å². The van der Waals surface area contributed by atoms with Crippen LogP contribution in [0.5, 0.6) is 0 Å². The van der Waals surface area contributed by atoms with E-state index in [-0.39, 0.29) is 12.0 Å². The number of thiophene rings is 1. The van der Waals surface area contributed by atoms with Crippen molar-refractivity contribution in [1.29, 1.82) is 0 Å². The number of pyridine rings is 1. The molecule has 1 amide bonds. The molecular formula is C19H23N3O2S. The average Bonchev–Trinajstić information content (AvgIpc) is 3.09. The van der Waals surface area contributed by atoms with E-state index in [1.165, 1.54) is 5.56 Å². The first-order valence-corrected chi connectivity index (χ1v) is 9.78. The molecule has 0 saturated carbocycles. The van der Waals surface area contributed by atoms with Crippen molar-refractivity contribution in [1.82, 2.24) is 14.8 Å². The summed E-state index contributed by atoms with van der Waals surface area (Å²) in [7, 11) is 0. The second-order valence-corrected chi connectivity index (χ2v) is 7.59. The van der Waals surface area contributed by atoms with Gasteiger partial charge in [-0.05, 0) is 42.1 Å². The molecule has 0 unspecified atom stereocenters. The summed E-state index contributed by atoms with van der Waals surface area (Å²) in [6.45, 7) is 5.04. The summed E-state index contributed by atoms with van der Waals surface area (Å²) in [5, 5.41) is 3.89. The molecule has 5 nitrogen and oxygen atoms in total. The number of nitrogens with zero attached hydrogens (tertiary/aromatic N) is 3. The molecule has 0 aliphatic carbocycles. The zero-order valence-corrected chi connectivity index (χ0v) is 15.0. The Morgan fingerprint density at radius 2 is 2.12 bits per heavy atom. The number of hydrogen-bond acceptors (Lipinski definition) is 5. The summed E-state index contributed by atoms with van der Waals surface area (Å²) in [6, 6.07) is 6.05. The molecule has 132 valence electrons. The Kier molecular flexibility index (Phi) is 5.10. The van der Waals surface area contributed by atoms with Crippen LogP contribution in [0.1, 0.15) is 22.3 Å². The maximum absolute atomic E-state index is 12.7. The van der Waals surface area contributed by atoms with Gasteiger partial charge in [0.05, 0.1) is 18.3 Å². The topological polar surface area (TPSA) is 45.7 Å². The highest BCUT2D eigenvalue weighted by atomic mass is 32.1. The Morgan fingerprint density at radius 1 is 1.24 bits per heavy atom. The molecule has 0 aromatic carbocycles. The second kappa shape index (κ2) is 7.64. The van der Waals surface area contributed by atoms with Gasteiger partial charge >= 0.3 is 0 Å². The lowest BCUT2D eigenvalue weighted by Crippen LogP contribution is -2.47. The lowest BCUT2D eigenvalue weighted by atomic mass is 9.93. The van der Waals surface area contributed by atoms with Crippen LogP contribution in [0.25, 0.3) is 0 Å². The van der Waals surface area contributed by atoms with Crippen LogP contribution in [-0.2, 0) is 11.3 Å². The standard InChI is InChI=1S/C19H23N3O2S/c23-19(17-4-10-25-14-17)22-8-9-24-18-13-21(7-3-16(18)12-22)11-15-1-5-20-6-2-15/h1-2,4-6,10,14,16,18H,3,7-9,11-13H2/t16-,18-/m0/s1. The summed E-state index contributed by atoms with van der Waals surface area (Å²) >= 11 is 1.57. The van der Waals surface area contributed by atoms with Gasteiger partial charge in [-0.15, -0.1) is 0 Å². The van der Waals surface area contributed by atoms with Crippen LogP contribution in [0.3, 0.4) is 0 Å². The van der Waals surface area contributed by atoms with Gasteiger partial charge in [0.1, 0.15) is 0 Å². The SMILES string of the molecule is O=C(c1ccsc1)N1CCO[C@H]2CN(Cc3ccncc3)CC[C@H]2C1. The number of likely N-dealkylation sites (tertiary alicyclic amines) is 1. The van der Waals surface area contributed by atoms with E-state index in [9.17, 15) is 4.79 Å². The minimum Gasteiger partial charge on any atom is -0.375 e. The Hall–Kier alpha value is -1.76. The lowest BCUT2D eigenvalue weighted by molar-refractivity contribution is -0.0241. The van der Waals surface area contributed by atoms with Crippen molar-refractivity contribution in [2.75, 3.05) is 32.8 Å². The van der Waals surface area contributed by atoms with Gasteiger partial charge in [-0.1, -0.05) is 0 Å². The van der Waals surface area contributed by atoms with E-state index in [4.69, 9.17) is 4.74 Å². The molecule has 0 radical (unpaired) electrons. The first-order chi connectivity index (χ1) is 12.3. The van der Waals surface area contributed by atoms with Crippen LogP contribution in [-0.4, -0.2) is 59.6 Å². The highest BCUT2D eigenvalue weighted by Crippen LogP contribution is 2.26. The number of amides is 1. The van der Waals surface area contributed by atoms with Gasteiger partial charge in [0.2, 0.25) is 0 Å². The monoisotopic (exact) mass is 357 g/mol. The van der Waals surface area contributed by atoms with Crippen molar-refractivity contribution >= 4 is 17.2 Å². The molecule has 0 spiro atoms. The molecule has 2 saturated heterocycles. The number of rotatable bonds is 3. The molecule has 2 aliphatic rings. The van der Waals surface area contributed by atoms with Gasteiger partial charge < -0.3 is 9.64 Å². The van der Waals surface area contributed by atoms with Crippen LogP contribution in [0.15, 0.2) is 41.4 Å². The largest absolute Gasteiger partial charge is 0.375 e. The Morgan fingerprint density at radius 3 is 2.92 bits per heavy atom. The predicted octanol–water partition coefficient (Wildman–Crippen LogP) is 2.51. The normalized spacial score (nSPS) is 24.6. The fourth-order valence-electron chi connectivity index (χ4n) is 3.76. The molecule has 0 N–H and O–H groups in total. The highest BCUT2D eigenvalue weighted by Gasteiger charge is 2.34. The minimum absolute atomic E-state index is 0.143. The fraction of sp³-hybridized carbons (Fsp3) is 0.474. The zero-order valence-electron chi connectivity index (χ0n) is 14.2. The van der Waals surface area contributed by atoms with E-state index in [2.05, 4.69) is 22.0 Å². The van der Waals surface area contributed by atoms with Gasteiger partial charge in [-0.2, -0.15) is 11.3 Å². The third-order valence-electron chi connectivity index (χ3n) is 5.14. The quantitative estimate of drug-likeness (QED) is 0.847. The Labute approximate surface area is 152 Å². The van der Waals surface area contributed by atoms with Gasteiger partial charge in [-0.25, -0.2) is 0 Å². The maximum atomic E-state index is 12.7. The zero-order chi connectivity index (χ0) is 17.1. The molecule has 2 fully saturated rings. The van der Waals surface area contributed by atoms with Crippen molar-refractivity contribution in [2.24, 2.45) is 5.92 Å². The van der Waals surface area contributed by atoms with Crippen molar-refractivity contribution in [3.05, 3.63) is 52.5 Å². The van der Waals surface area contributed by atoms with Crippen molar-refractivity contribution < 1.29 is 9.53 Å². The Bertz CT molecular complexity index is 692. The summed E-state index contributed by atoms with van der Waals surface area (Å²) in [5.41, 5.74) is 2.09. The summed E-state index contributed by atoms with van der Waals surface area (Å²) in [5.74, 6) is 0.573. The summed E-state index contributed by atoms with van der Waals surface area (Å²) in [4.78, 5) is 21.2. The number of fused-ring (bicyclic) bond motifs is 1. The van der Waals surface area contributed by atoms with Gasteiger partial charge in [0, 0.05) is 49.9 Å². The van der Waals surface area contributed by atoms with E-state index in [0.717, 1.165) is 38.2 Å². The minimum atomic E-state index is 0.143. The third kappa shape index (κ3) is 3.92. The molecule has 2 aromatic rings. The summed E-state index contributed by atoms with van der Waals surface area (Å²) < 4.78 is 6.13. The van der Waals surface area contributed by atoms with E-state index in [0.29, 0.717) is 19.1 Å². The molecule has 2 aromatic heterocycles. The smallest absolute Gasteiger partial charge is 0.254 e. The molecule has 0 bridgehead atoms. The molecule has 4 heterocycles. The van der Waals surface area contributed by atoms with Gasteiger partial charge in [0.15, 0.2) is 0 Å². The number of piperidine rings is 1. The first-order valence-electron chi connectivity index (χ1n) is 8.84. The lowest BCUT2D eigenvalue weighted by Gasteiger charge is -2.38. The highest BCUT2D eigenvalue weighted by molar-refractivity contribution is 7.08. The number of carbonyl (C=O) groups is 1. The van der Waals surface area contributed by atoms with E-state index in [1.807, 2.05) is 34.1 Å². The van der Waals surface area contributed by atoms with Crippen LogP contribution < -0.4 is 0 Å². The number of aromatic nitrogens is 1. The molecular weight excluding hydrogens is 334 g/mol. The molecule has 2 atom stereocenters. The maximum Gasteiger partial charge on any atom is 0.254 e. The number of carbonyl (C=O) groups excluding carboxylic acids is 1. The molecule has 4 rings (SSSR count). The van der Waals surface area contributed by atoms with Crippen LogP contribution in [0, 0.1) is 5.92 Å². The predicted molar refractivity (Wildman–Crippen MR) is 97.6 cm³/mol. The Balaban J connectivity index is 1.38. The molecule has 6 heteroatoms. The number of ether oxygens (including phenoxy) is 1. The van der Waals surface area contributed by atoms with E-state index in [1.54, 1.807) is 11.3 Å². The fourth-order valence-corrected chi connectivity index (χ4v) is 4.39. The summed E-state index contributed by atoms with van der Waals surface area (Å²) in [6.07, 6.45) is 4.98.